The van der Waals surface area contributed by atoms with Gasteiger partial charge >= 0.3 is 0 Å². The van der Waals surface area contributed by atoms with Crippen LogP contribution in [0.3, 0.4) is 0 Å². The van der Waals surface area contributed by atoms with Crippen LogP contribution in [0.25, 0.3) is 0 Å². The third kappa shape index (κ3) is 1.89. The van der Waals surface area contributed by atoms with E-state index in [0.29, 0.717) is 5.56 Å². The lowest BCUT2D eigenvalue weighted by atomic mass is 10.1. The number of aliphatic hydroxyl groups is 1. The molecule has 0 aliphatic carbocycles. The maximum atomic E-state index is 12.9. The van der Waals surface area contributed by atoms with E-state index in [1.54, 1.807) is 0 Å². The molecule has 0 aliphatic heterocycles. The molecule has 1 aromatic carbocycles. The number of aromatic hydroxyl groups is 1. The Balaban J connectivity index is 3.22. The van der Waals surface area contributed by atoms with Crippen molar-refractivity contribution in [3.8, 4) is 11.5 Å². The molecule has 2 N–H and O–H groups in total. The number of halogens is 1. The van der Waals surface area contributed by atoms with E-state index >= 15 is 0 Å². The van der Waals surface area contributed by atoms with E-state index in [4.69, 9.17) is 14.9 Å². The largest absolute Gasteiger partial charge is 0.502 e. The highest BCUT2D eigenvalue weighted by Gasteiger charge is 2.12. The number of ether oxygens (including phenoxy) is 1. The number of aliphatic hydroxyl groups excluding tert-OH is 1. The van der Waals surface area contributed by atoms with Gasteiger partial charge in [0.1, 0.15) is 0 Å². The third-order valence-corrected chi connectivity index (χ3v) is 1.75. The summed E-state index contributed by atoms with van der Waals surface area (Å²) in [5, 5.41) is 18.3. The van der Waals surface area contributed by atoms with E-state index in [9.17, 15) is 4.39 Å². The van der Waals surface area contributed by atoms with Gasteiger partial charge in [-0.05, 0) is 24.6 Å². The van der Waals surface area contributed by atoms with Gasteiger partial charge in [-0.15, -0.1) is 0 Å². The summed E-state index contributed by atoms with van der Waals surface area (Å²) >= 11 is 0. The lowest BCUT2D eigenvalue weighted by Gasteiger charge is -2.09. The minimum Gasteiger partial charge on any atom is -0.502 e. The van der Waals surface area contributed by atoms with Gasteiger partial charge in [-0.1, -0.05) is 0 Å². The number of rotatable bonds is 2. The SMILES string of the molecule is COc1cc(C(C)O)cc(F)c1O. The molecule has 1 atom stereocenters. The first kappa shape index (κ1) is 9.80. The maximum Gasteiger partial charge on any atom is 0.194 e. The third-order valence-electron chi connectivity index (χ3n) is 1.75. The van der Waals surface area contributed by atoms with E-state index in [-0.39, 0.29) is 5.75 Å². The van der Waals surface area contributed by atoms with Crippen molar-refractivity contribution in [2.45, 2.75) is 13.0 Å². The van der Waals surface area contributed by atoms with Gasteiger partial charge in [0.15, 0.2) is 17.3 Å². The van der Waals surface area contributed by atoms with Crippen LogP contribution in [0.5, 0.6) is 11.5 Å². The Labute approximate surface area is 75.4 Å². The maximum absolute atomic E-state index is 12.9. The summed E-state index contributed by atoms with van der Waals surface area (Å²) in [5.74, 6) is -1.31. The summed E-state index contributed by atoms with van der Waals surface area (Å²) in [5.41, 5.74) is 0.368. The van der Waals surface area contributed by atoms with Crippen LogP contribution in [-0.4, -0.2) is 17.3 Å². The van der Waals surface area contributed by atoms with Crippen molar-refractivity contribution in [2.24, 2.45) is 0 Å². The van der Waals surface area contributed by atoms with Crippen molar-refractivity contribution in [2.75, 3.05) is 7.11 Å². The fourth-order valence-electron chi connectivity index (χ4n) is 0.991. The molecule has 4 heteroatoms. The molecular formula is C9H11FO3. The highest BCUT2D eigenvalue weighted by Crippen LogP contribution is 2.31. The normalized spacial score (nSPS) is 12.6. The van der Waals surface area contributed by atoms with Crippen LogP contribution >= 0.6 is 0 Å². The summed E-state index contributed by atoms with van der Waals surface area (Å²) in [7, 11) is 1.32. The van der Waals surface area contributed by atoms with Gasteiger partial charge in [-0.3, -0.25) is 0 Å². The lowest BCUT2D eigenvalue weighted by Crippen LogP contribution is -1.95. The zero-order valence-electron chi connectivity index (χ0n) is 7.41. The molecule has 0 aliphatic rings. The van der Waals surface area contributed by atoms with E-state index < -0.39 is 17.7 Å². The molecule has 13 heavy (non-hydrogen) atoms. The first-order valence-electron chi connectivity index (χ1n) is 3.80. The number of hydrogen-bond acceptors (Lipinski definition) is 3. The summed E-state index contributed by atoms with van der Waals surface area (Å²) in [4.78, 5) is 0. The lowest BCUT2D eigenvalue weighted by molar-refractivity contribution is 0.198. The van der Waals surface area contributed by atoms with Crippen LogP contribution in [-0.2, 0) is 0 Å². The molecule has 0 saturated heterocycles. The minimum atomic E-state index is -0.796. The van der Waals surface area contributed by atoms with Crippen LogP contribution in [0.1, 0.15) is 18.6 Å². The molecule has 0 heterocycles. The predicted octanol–water partition coefficient (Wildman–Crippen LogP) is 1.59. The predicted molar refractivity (Wildman–Crippen MR) is 45.3 cm³/mol. The first-order valence-corrected chi connectivity index (χ1v) is 3.80. The van der Waals surface area contributed by atoms with E-state index in [2.05, 4.69) is 0 Å². The van der Waals surface area contributed by atoms with Crippen molar-refractivity contribution in [3.63, 3.8) is 0 Å². The minimum absolute atomic E-state index is 0.0240. The number of phenols is 1. The van der Waals surface area contributed by atoms with E-state index in [1.807, 2.05) is 0 Å². The first-order chi connectivity index (χ1) is 6.06. The Morgan fingerprint density at radius 3 is 2.54 bits per heavy atom. The van der Waals surface area contributed by atoms with Gasteiger partial charge < -0.3 is 14.9 Å². The molecule has 0 aromatic heterocycles. The molecule has 0 spiro atoms. The molecule has 0 bridgehead atoms. The van der Waals surface area contributed by atoms with Crippen molar-refractivity contribution in [1.82, 2.24) is 0 Å². The molecule has 0 radical (unpaired) electrons. The summed E-state index contributed by atoms with van der Waals surface area (Å²) < 4.78 is 17.7. The number of phenolic OH excluding ortho intramolecular Hbond substituents is 1. The van der Waals surface area contributed by atoms with E-state index in [0.717, 1.165) is 6.07 Å². The van der Waals surface area contributed by atoms with Gasteiger partial charge in [0.2, 0.25) is 0 Å². The van der Waals surface area contributed by atoms with E-state index in [1.165, 1.54) is 20.1 Å². The Morgan fingerprint density at radius 2 is 2.08 bits per heavy atom. The fourth-order valence-corrected chi connectivity index (χ4v) is 0.991. The van der Waals surface area contributed by atoms with Gasteiger partial charge in [0, 0.05) is 0 Å². The van der Waals surface area contributed by atoms with Gasteiger partial charge in [0.25, 0.3) is 0 Å². The summed E-state index contributed by atoms with van der Waals surface area (Å²) in [6, 6.07) is 2.46. The standard InChI is InChI=1S/C9H11FO3/c1-5(11)6-3-7(10)9(12)8(4-6)13-2/h3-5,11-12H,1-2H3. The second-order valence-corrected chi connectivity index (χ2v) is 2.73. The van der Waals surface area contributed by atoms with Crippen LogP contribution < -0.4 is 4.74 Å². The molecular weight excluding hydrogens is 175 g/mol. The zero-order chi connectivity index (χ0) is 10.0. The van der Waals surface area contributed by atoms with Crippen LogP contribution in [0.4, 0.5) is 4.39 Å². The zero-order valence-corrected chi connectivity index (χ0v) is 7.41. The Kier molecular flexibility index (Phi) is 2.72. The highest BCUT2D eigenvalue weighted by molar-refractivity contribution is 5.43. The van der Waals surface area contributed by atoms with Crippen molar-refractivity contribution in [1.29, 1.82) is 0 Å². The molecule has 0 fully saturated rings. The average molecular weight is 186 g/mol. The molecule has 1 unspecified atom stereocenters. The average Bonchev–Trinajstić information content (AvgIpc) is 2.09. The number of benzene rings is 1. The van der Waals surface area contributed by atoms with Crippen molar-refractivity contribution >= 4 is 0 Å². The molecule has 0 saturated carbocycles. The molecule has 1 aromatic rings. The van der Waals surface area contributed by atoms with Gasteiger partial charge in [-0.25, -0.2) is 4.39 Å². The molecule has 72 valence electrons. The van der Waals surface area contributed by atoms with Crippen LogP contribution in [0.15, 0.2) is 12.1 Å². The quantitative estimate of drug-likeness (QED) is 0.737. The fraction of sp³-hybridized carbons (Fsp3) is 0.333. The molecule has 3 nitrogen and oxygen atoms in total. The monoisotopic (exact) mass is 186 g/mol. The number of hydrogen-bond donors (Lipinski definition) is 2. The topological polar surface area (TPSA) is 49.7 Å². The molecule has 1 rings (SSSR count). The second-order valence-electron chi connectivity index (χ2n) is 2.73. The molecule has 0 amide bonds. The Bertz CT molecular complexity index is 310. The second kappa shape index (κ2) is 3.62. The Morgan fingerprint density at radius 1 is 1.46 bits per heavy atom. The van der Waals surface area contributed by atoms with Gasteiger partial charge in [0.05, 0.1) is 13.2 Å². The number of methoxy groups -OCH3 is 1. The highest BCUT2D eigenvalue weighted by atomic mass is 19.1. The van der Waals surface area contributed by atoms with Crippen molar-refractivity contribution in [3.05, 3.63) is 23.5 Å². The van der Waals surface area contributed by atoms with Crippen molar-refractivity contribution < 1.29 is 19.3 Å². The smallest absolute Gasteiger partial charge is 0.194 e. The summed E-state index contributed by atoms with van der Waals surface area (Å²) in [6.07, 6.45) is -0.788. The Hall–Kier alpha value is -1.29. The van der Waals surface area contributed by atoms with Crippen LogP contribution in [0.2, 0.25) is 0 Å². The van der Waals surface area contributed by atoms with Gasteiger partial charge in [-0.2, -0.15) is 0 Å². The van der Waals surface area contributed by atoms with Crippen LogP contribution in [0, 0.1) is 5.82 Å². The summed E-state index contributed by atoms with van der Waals surface area (Å²) in [6.45, 7) is 1.51.